The van der Waals surface area contributed by atoms with E-state index >= 15 is 0 Å². The van der Waals surface area contributed by atoms with Crippen LogP contribution in [0.4, 0.5) is 5.69 Å². The van der Waals surface area contributed by atoms with Crippen molar-refractivity contribution in [1.29, 1.82) is 0 Å². The number of carbonyl (C=O) groups is 1. The summed E-state index contributed by atoms with van der Waals surface area (Å²) in [5.41, 5.74) is 0.982. The maximum Gasteiger partial charge on any atom is 0.242 e. The van der Waals surface area contributed by atoms with Gasteiger partial charge in [0.2, 0.25) is 5.91 Å². The number of benzene rings is 1. The number of rotatable bonds is 4. The van der Waals surface area contributed by atoms with Crippen LogP contribution in [0, 0.1) is 0 Å². The van der Waals surface area contributed by atoms with Gasteiger partial charge in [0, 0.05) is 12.2 Å². The second-order valence-electron chi connectivity index (χ2n) is 6.03. The molecule has 3 rings (SSSR count). The van der Waals surface area contributed by atoms with Crippen molar-refractivity contribution in [2.75, 3.05) is 11.9 Å². The van der Waals surface area contributed by atoms with E-state index in [1.54, 1.807) is 0 Å². The first-order valence-corrected chi connectivity index (χ1v) is 8.12. The molecular formula is C17H24N2O2. The predicted molar refractivity (Wildman–Crippen MR) is 83.6 cm³/mol. The van der Waals surface area contributed by atoms with Crippen molar-refractivity contribution in [2.45, 2.75) is 57.1 Å². The number of ether oxygens (including phenoxy) is 1. The minimum atomic E-state index is -0.117. The average molecular weight is 288 g/mol. The lowest BCUT2D eigenvalue weighted by molar-refractivity contribution is -0.121. The first kappa shape index (κ1) is 14.2. The van der Waals surface area contributed by atoms with Gasteiger partial charge in [-0.1, -0.05) is 0 Å². The van der Waals surface area contributed by atoms with Crippen LogP contribution in [0.25, 0.3) is 0 Å². The normalized spacial score (nSPS) is 23.4. The zero-order valence-corrected chi connectivity index (χ0v) is 12.4. The molecule has 4 nitrogen and oxygen atoms in total. The third kappa shape index (κ3) is 3.90. The molecule has 1 aliphatic carbocycles. The van der Waals surface area contributed by atoms with E-state index in [4.69, 9.17) is 4.74 Å². The maximum atomic E-state index is 11.9. The minimum absolute atomic E-state index is 0.110. The van der Waals surface area contributed by atoms with E-state index in [2.05, 4.69) is 10.6 Å². The van der Waals surface area contributed by atoms with Crippen LogP contribution in [-0.4, -0.2) is 24.6 Å². The van der Waals surface area contributed by atoms with Gasteiger partial charge in [-0.2, -0.15) is 0 Å². The molecule has 1 amide bonds. The fourth-order valence-electron chi connectivity index (χ4n) is 3.11. The summed E-state index contributed by atoms with van der Waals surface area (Å²) in [5.74, 6) is 1.04. The van der Waals surface area contributed by atoms with E-state index in [0.717, 1.165) is 37.2 Å². The molecule has 2 aliphatic rings. The third-order valence-corrected chi connectivity index (χ3v) is 4.34. The molecular weight excluding hydrogens is 264 g/mol. The van der Waals surface area contributed by atoms with Gasteiger partial charge in [-0.3, -0.25) is 4.79 Å². The monoisotopic (exact) mass is 288 g/mol. The molecule has 4 heteroatoms. The minimum Gasteiger partial charge on any atom is -0.490 e. The molecule has 0 bridgehead atoms. The zero-order chi connectivity index (χ0) is 14.5. The van der Waals surface area contributed by atoms with Crippen molar-refractivity contribution in [2.24, 2.45) is 0 Å². The molecule has 1 atom stereocenters. The molecule has 0 spiro atoms. The van der Waals surface area contributed by atoms with Crippen molar-refractivity contribution in [3.8, 4) is 5.75 Å². The largest absolute Gasteiger partial charge is 0.490 e. The number of anilines is 1. The lowest BCUT2D eigenvalue weighted by atomic mass is 10.1. The van der Waals surface area contributed by atoms with Crippen LogP contribution in [0.3, 0.4) is 0 Å². The Hall–Kier alpha value is -1.71. The van der Waals surface area contributed by atoms with Crippen molar-refractivity contribution < 1.29 is 9.53 Å². The molecule has 1 saturated carbocycles. The highest BCUT2D eigenvalue weighted by molar-refractivity contribution is 5.84. The van der Waals surface area contributed by atoms with Crippen LogP contribution in [-0.2, 0) is 4.79 Å². The first-order chi connectivity index (χ1) is 10.3. The summed E-state index contributed by atoms with van der Waals surface area (Å²) in [7, 11) is 0. The Morgan fingerprint density at radius 3 is 2.48 bits per heavy atom. The van der Waals surface area contributed by atoms with Crippen LogP contribution in [0.15, 0.2) is 24.3 Å². The van der Waals surface area contributed by atoms with Crippen LogP contribution in [0.1, 0.15) is 44.9 Å². The topological polar surface area (TPSA) is 50.4 Å². The SMILES string of the molecule is O=C1NCCCCC1Nc1ccc(OC2CCCC2)cc1. The van der Waals surface area contributed by atoms with E-state index in [1.165, 1.54) is 25.7 Å². The summed E-state index contributed by atoms with van der Waals surface area (Å²) in [6, 6.07) is 7.88. The van der Waals surface area contributed by atoms with Crippen LogP contribution in [0.2, 0.25) is 0 Å². The van der Waals surface area contributed by atoms with E-state index in [9.17, 15) is 4.79 Å². The van der Waals surface area contributed by atoms with Gasteiger partial charge in [-0.25, -0.2) is 0 Å². The van der Waals surface area contributed by atoms with Crippen LogP contribution >= 0.6 is 0 Å². The van der Waals surface area contributed by atoms with Gasteiger partial charge in [0.05, 0.1) is 6.10 Å². The standard InChI is InChI=1S/C17H24N2O2/c20-17-16(7-3-4-12-18-17)19-13-8-10-15(11-9-13)21-14-5-1-2-6-14/h8-11,14,16,19H,1-7,12H2,(H,18,20). The van der Waals surface area contributed by atoms with Crippen molar-refractivity contribution in [3.05, 3.63) is 24.3 Å². The van der Waals surface area contributed by atoms with Crippen molar-refractivity contribution >= 4 is 11.6 Å². The number of amides is 1. The number of nitrogens with one attached hydrogen (secondary N) is 2. The highest BCUT2D eigenvalue weighted by Crippen LogP contribution is 2.25. The van der Waals surface area contributed by atoms with Crippen LogP contribution < -0.4 is 15.4 Å². The molecule has 1 unspecified atom stereocenters. The lowest BCUT2D eigenvalue weighted by Gasteiger charge is -2.17. The van der Waals surface area contributed by atoms with E-state index < -0.39 is 0 Å². The van der Waals surface area contributed by atoms with Gasteiger partial charge in [-0.05, 0) is 69.2 Å². The molecule has 1 aliphatic heterocycles. The second-order valence-corrected chi connectivity index (χ2v) is 6.03. The predicted octanol–water partition coefficient (Wildman–Crippen LogP) is 3.09. The second kappa shape index (κ2) is 6.83. The highest BCUT2D eigenvalue weighted by atomic mass is 16.5. The lowest BCUT2D eigenvalue weighted by Crippen LogP contribution is -2.37. The summed E-state index contributed by atoms with van der Waals surface area (Å²) in [6.07, 6.45) is 8.33. The summed E-state index contributed by atoms with van der Waals surface area (Å²) in [4.78, 5) is 11.9. The van der Waals surface area contributed by atoms with Gasteiger partial charge in [-0.15, -0.1) is 0 Å². The quantitative estimate of drug-likeness (QED) is 0.895. The summed E-state index contributed by atoms with van der Waals surface area (Å²) in [5, 5.41) is 6.27. The Bertz CT molecular complexity index is 466. The fraction of sp³-hybridized carbons (Fsp3) is 0.588. The van der Waals surface area contributed by atoms with E-state index in [-0.39, 0.29) is 11.9 Å². The molecule has 2 N–H and O–H groups in total. The van der Waals surface area contributed by atoms with Gasteiger partial charge >= 0.3 is 0 Å². The third-order valence-electron chi connectivity index (χ3n) is 4.34. The maximum absolute atomic E-state index is 11.9. The number of hydrogen-bond acceptors (Lipinski definition) is 3. The van der Waals surface area contributed by atoms with Crippen molar-refractivity contribution in [3.63, 3.8) is 0 Å². The number of carbonyl (C=O) groups excluding carboxylic acids is 1. The molecule has 114 valence electrons. The van der Waals surface area contributed by atoms with E-state index in [1.807, 2.05) is 24.3 Å². The molecule has 0 radical (unpaired) electrons. The fourth-order valence-corrected chi connectivity index (χ4v) is 3.11. The average Bonchev–Trinajstić information content (AvgIpc) is 2.92. The van der Waals surface area contributed by atoms with Crippen LogP contribution in [0.5, 0.6) is 5.75 Å². The summed E-state index contributed by atoms with van der Waals surface area (Å²) >= 11 is 0. The molecule has 1 heterocycles. The van der Waals surface area contributed by atoms with Gasteiger partial charge < -0.3 is 15.4 Å². The summed E-state index contributed by atoms with van der Waals surface area (Å²) in [6.45, 7) is 0.797. The molecule has 1 aromatic carbocycles. The first-order valence-electron chi connectivity index (χ1n) is 8.12. The Balaban J connectivity index is 1.57. The molecule has 1 aromatic rings. The molecule has 21 heavy (non-hydrogen) atoms. The van der Waals surface area contributed by atoms with Gasteiger partial charge in [0.25, 0.3) is 0 Å². The summed E-state index contributed by atoms with van der Waals surface area (Å²) < 4.78 is 5.95. The highest BCUT2D eigenvalue weighted by Gasteiger charge is 2.20. The smallest absolute Gasteiger partial charge is 0.242 e. The Labute approximate surface area is 126 Å². The molecule has 2 fully saturated rings. The number of hydrogen-bond donors (Lipinski definition) is 2. The van der Waals surface area contributed by atoms with Crippen molar-refractivity contribution in [1.82, 2.24) is 5.32 Å². The Morgan fingerprint density at radius 1 is 1.00 bits per heavy atom. The molecule has 0 aromatic heterocycles. The van der Waals surface area contributed by atoms with Gasteiger partial charge in [0.1, 0.15) is 11.8 Å². The Kier molecular flexibility index (Phi) is 4.63. The molecule has 1 saturated heterocycles. The Morgan fingerprint density at radius 2 is 1.71 bits per heavy atom. The van der Waals surface area contributed by atoms with E-state index in [0.29, 0.717) is 6.10 Å². The zero-order valence-electron chi connectivity index (χ0n) is 12.4. The van der Waals surface area contributed by atoms with Gasteiger partial charge in [0.15, 0.2) is 0 Å².